The molecule has 0 aliphatic rings. The van der Waals surface area contributed by atoms with Gasteiger partial charge in [-0.05, 0) is 62.4 Å². The first-order valence-corrected chi connectivity index (χ1v) is 9.88. The Morgan fingerprint density at radius 2 is 1.86 bits per heavy atom. The van der Waals surface area contributed by atoms with E-state index >= 15 is 0 Å². The van der Waals surface area contributed by atoms with Gasteiger partial charge in [-0.25, -0.2) is 0 Å². The van der Waals surface area contributed by atoms with Crippen LogP contribution in [0.5, 0.6) is 17.2 Å². The van der Waals surface area contributed by atoms with E-state index < -0.39 is 6.10 Å². The van der Waals surface area contributed by atoms with Gasteiger partial charge in [0.1, 0.15) is 5.75 Å². The molecule has 0 aliphatic heterocycles. The average molecular weight is 386 g/mol. The molecule has 0 aromatic heterocycles. The van der Waals surface area contributed by atoms with Crippen molar-refractivity contribution in [2.24, 2.45) is 0 Å². The Morgan fingerprint density at radius 1 is 1.07 bits per heavy atom. The van der Waals surface area contributed by atoms with Crippen LogP contribution >= 0.6 is 0 Å². The maximum absolute atomic E-state index is 12.4. The topological polar surface area (TPSA) is 56.8 Å². The number of nitrogens with one attached hydrogen (secondary N) is 1. The van der Waals surface area contributed by atoms with Crippen LogP contribution in [0.3, 0.4) is 0 Å². The van der Waals surface area contributed by atoms with Gasteiger partial charge in [0, 0.05) is 6.54 Å². The lowest BCUT2D eigenvalue weighted by Crippen LogP contribution is -2.38. The van der Waals surface area contributed by atoms with Crippen molar-refractivity contribution in [1.29, 1.82) is 0 Å². The van der Waals surface area contributed by atoms with E-state index in [0.29, 0.717) is 19.6 Å². The number of aryl methyl sites for hydroxylation is 2. The Labute approximate surface area is 168 Å². The van der Waals surface area contributed by atoms with Gasteiger partial charge >= 0.3 is 0 Å². The minimum atomic E-state index is -0.480. The number of benzene rings is 2. The first-order valence-electron chi connectivity index (χ1n) is 9.88. The van der Waals surface area contributed by atoms with E-state index in [4.69, 9.17) is 14.2 Å². The molecule has 5 heteroatoms. The zero-order valence-electron chi connectivity index (χ0n) is 17.3. The normalized spacial score (nSPS) is 11.6. The molecule has 0 bridgehead atoms. The molecule has 0 fully saturated rings. The number of amides is 1. The van der Waals surface area contributed by atoms with Crippen LogP contribution in [-0.4, -0.2) is 32.3 Å². The highest BCUT2D eigenvalue weighted by Gasteiger charge is 2.18. The number of carbonyl (C=O) groups is 1. The van der Waals surface area contributed by atoms with Crippen LogP contribution in [0.25, 0.3) is 0 Å². The largest absolute Gasteiger partial charge is 0.493 e. The highest BCUT2D eigenvalue weighted by Crippen LogP contribution is 2.28. The molecule has 2 aromatic carbocycles. The molecule has 152 valence electrons. The molecule has 28 heavy (non-hydrogen) atoms. The number of methoxy groups -OCH3 is 1. The summed E-state index contributed by atoms with van der Waals surface area (Å²) in [6.07, 6.45) is 1.82. The summed E-state index contributed by atoms with van der Waals surface area (Å²) in [5.41, 5.74) is 2.18. The molecule has 0 unspecified atom stereocenters. The molecule has 2 rings (SSSR count). The highest BCUT2D eigenvalue weighted by atomic mass is 16.5. The lowest BCUT2D eigenvalue weighted by atomic mass is 10.1. The number of para-hydroxylation sites is 1. The number of carbonyl (C=O) groups excluding carboxylic acids is 1. The minimum Gasteiger partial charge on any atom is -0.493 e. The Kier molecular flexibility index (Phi) is 8.66. The molecular formula is C23H31NO4. The Bertz CT molecular complexity index is 760. The van der Waals surface area contributed by atoms with Crippen LogP contribution in [-0.2, 0) is 11.2 Å². The highest BCUT2D eigenvalue weighted by molar-refractivity contribution is 5.81. The van der Waals surface area contributed by atoms with E-state index in [1.54, 1.807) is 7.11 Å². The van der Waals surface area contributed by atoms with E-state index in [0.717, 1.165) is 41.2 Å². The number of hydrogen-bond acceptors (Lipinski definition) is 4. The van der Waals surface area contributed by atoms with Crippen molar-refractivity contribution in [2.45, 2.75) is 46.1 Å². The van der Waals surface area contributed by atoms with Crippen molar-refractivity contribution < 1.29 is 19.0 Å². The zero-order chi connectivity index (χ0) is 20.4. The fraction of sp³-hybridized carbons (Fsp3) is 0.435. The van der Waals surface area contributed by atoms with E-state index in [-0.39, 0.29) is 5.91 Å². The maximum atomic E-state index is 12.4. The van der Waals surface area contributed by atoms with Crippen LogP contribution < -0.4 is 19.5 Å². The van der Waals surface area contributed by atoms with Gasteiger partial charge in [-0.2, -0.15) is 0 Å². The SMILES string of the molecule is CCOc1ccc(CCCNC(=O)[C@H](CC)Oc2ccccc2C)cc1OC. The van der Waals surface area contributed by atoms with Crippen molar-refractivity contribution in [2.75, 3.05) is 20.3 Å². The van der Waals surface area contributed by atoms with Gasteiger partial charge in [-0.3, -0.25) is 4.79 Å². The molecule has 2 aromatic rings. The smallest absolute Gasteiger partial charge is 0.261 e. The van der Waals surface area contributed by atoms with Gasteiger partial charge in [0.05, 0.1) is 13.7 Å². The van der Waals surface area contributed by atoms with E-state index in [1.165, 1.54) is 0 Å². The Morgan fingerprint density at radius 3 is 2.54 bits per heavy atom. The summed E-state index contributed by atoms with van der Waals surface area (Å²) in [5, 5.41) is 2.98. The average Bonchev–Trinajstić information content (AvgIpc) is 2.71. The summed E-state index contributed by atoms with van der Waals surface area (Å²) >= 11 is 0. The zero-order valence-corrected chi connectivity index (χ0v) is 17.3. The lowest BCUT2D eigenvalue weighted by molar-refractivity contribution is -0.128. The third-order valence-electron chi connectivity index (χ3n) is 4.50. The molecule has 1 atom stereocenters. The number of rotatable bonds is 11. The fourth-order valence-electron chi connectivity index (χ4n) is 2.92. The predicted molar refractivity (Wildman–Crippen MR) is 111 cm³/mol. The van der Waals surface area contributed by atoms with Crippen LogP contribution in [0, 0.1) is 6.92 Å². The van der Waals surface area contributed by atoms with Gasteiger partial charge in [-0.1, -0.05) is 31.2 Å². The van der Waals surface area contributed by atoms with Crippen LogP contribution in [0.4, 0.5) is 0 Å². The van der Waals surface area contributed by atoms with E-state index in [1.807, 2.05) is 63.2 Å². The van der Waals surface area contributed by atoms with Gasteiger partial charge in [0.15, 0.2) is 17.6 Å². The fourth-order valence-corrected chi connectivity index (χ4v) is 2.92. The molecular weight excluding hydrogens is 354 g/mol. The van der Waals surface area contributed by atoms with E-state index in [9.17, 15) is 4.79 Å². The minimum absolute atomic E-state index is 0.0740. The molecule has 5 nitrogen and oxygen atoms in total. The molecule has 0 saturated carbocycles. The third kappa shape index (κ3) is 6.19. The summed E-state index contributed by atoms with van der Waals surface area (Å²) < 4.78 is 16.8. The van der Waals surface area contributed by atoms with Crippen molar-refractivity contribution in [1.82, 2.24) is 5.32 Å². The second-order valence-corrected chi connectivity index (χ2v) is 6.59. The third-order valence-corrected chi connectivity index (χ3v) is 4.50. The first kappa shape index (κ1) is 21.6. The van der Waals surface area contributed by atoms with Crippen LogP contribution in [0.2, 0.25) is 0 Å². The lowest BCUT2D eigenvalue weighted by Gasteiger charge is -2.18. The Hall–Kier alpha value is -2.69. The molecule has 0 radical (unpaired) electrons. The van der Waals surface area contributed by atoms with Gasteiger partial charge in [0.2, 0.25) is 0 Å². The standard InChI is InChI=1S/C23H31NO4/c1-5-19(28-20-12-8-7-10-17(20)3)23(25)24-15-9-11-18-13-14-21(27-6-2)22(16-18)26-4/h7-8,10,12-14,16,19H,5-6,9,11,15H2,1-4H3,(H,24,25)/t19-/m0/s1. The maximum Gasteiger partial charge on any atom is 0.261 e. The van der Waals surface area contributed by atoms with Crippen molar-refractivity contribution in [3.05, 3.63) is 53.6 Å². The van der Waals surface area contributed by atoms with Gasteiger partial charge < -0.3 is 19.5 Å². The van der Waals surface area contributed by atoms with Gasteiger partial charge in [0.25, 0.3) is 5.91 Å². The first-order chi connectivity index (χ1) is 13.6. The number of ether oxygens (including phenoxy) is 3. The summed E-state index contributed by atoms with van der Waals surface area (Å²) in [7, 11) is 1.64. The monoisotopic (exact) mass is 385 g/mol. The molecule has 0 spiro atoms. The van der Waals surface area contributed by atoms with Crippen molar-refractivity contribution in [3.63, 3.8) is 0 Å². The second kappa shape index (κ2) is 11.2. The summed E-state index contributed by atoms with van der Waals surface area (Å²) in [4.78, 5) is 12.4. The summed E-state index contributed by atoms with van der Waals surface area (Å²) in [5.74, 6) is 2.17. The quantitative estimate of drug-likeness (QED) is 0.586. The summed E-state index contributed by atoms with van der Waals surface area (Å²) in [6, 6.07) is 13.7. The molecule has 0 aliphatic carbocycles. The second-order valence-electron chi connectivity index (χ2n) is 6.59. The van der Waals surface area contributed by atoms with Crippen molar-refractivity contribution >= 4 is 5.91 Å². The molecule has 0 saturated heterocycles. The van der Waals surface area contributed by atoms with Gasteiger partial charge in [-0.15, -0.1) is 0 Å². The summed E-state index contributed by atoms with van der Waals surface area (Å²) in [6.45, 7) is 7.08. The van der Waals surface area contributed by atoms with Crippen molar-refractivity contribution in [3.8, 4) is 17.2 Å². The number of hydrogen-bond donors (Lipinski definition) is 1. The molecule has 1 amide bonds. The molecule has 1 N–H and O–H groups in total. The van der Waals surface area contributed by atoms with Crippen LogP contribution in [0.15, 0.2) is 42.5 Å². The predicted octanol–water partition coefficient (Wildman–Crippen LogP) is 4.31. The van der Waals surface area contributed by atoms with E-state index in [2.05, 4.69) is 5.32 Å². The molecule has 0 heterocycles. The van der Waals surface area contributed by atoms with Crippen LogP contribution in [0.1, 0.15) is 37.8 Å². The Balaban J connectivity index is 1.82.